The van der Waals surface area contributed by atoms with Crippen LogP contribution in [0.4, 0.5) is 5.82 Å². The molecule has 0 aliphatic carbocycles. The van der Waals surface area contributed by atoms with Crippen LogP contribution in [0.2, 0.25) is 5.15 Å². The van der Waals surface area contributed by atoms with Crippen LogP contribution in [0.15, 0.2) is 6.33 Å². The van der Waals surface area contributed by atoms with Crippen LogP contribution in [0.3, 0.4) is 0 Å². The van der Waals surface area contributed by atoms with Crippen LogP contribution < -0.4 is 5.32 Å². The predicted molar refractivity (Wildman–Crippen MR) is 69.0 cm³/mol. The summed E-state index contributed by atoms with van der Waals surface area (Å²) in [6.45, 7) is 7.44. The van der Waals surface area contributed by atoms with Crippen molar-refractivity contribution in [3.05, 3.63) is 17.0 Å². The average molecular weight is 242 g/mol. The molecule has 0 atom stereocenters. The fourth-order valence-corrected chi connectivity index (χ4v) is 1.94. The molecule has 1 aromatic heterocycles. The number of rotatable bonds is 6. The van der Waals surface area contributed by atoms with Gasteiger partial charge in [-0.2, -0.15) is 0 Å². The molecule has 0 amide bonds. The van der Waals surface area contributed by atoms with Crippen LogP contribution in [-0.4, -0.2) is 16.5 Å². The Balaban J connectivity index is 2.69. The van der Waals surface area contributed by atoms with Gasteiger partial charge in [-0.1, -0.05) is 45.2 Å². The maximum atomic E-state index is 6.02. The van der Waals surface area contributed by atoms with Crippen LogP contribution in [0.25, 0.3) is 0 Å². The predicted octanol–water partition coefficient (Wildman–Crippen LogP) is 3.54. The van der Waals surface area contributed by atoms with Gasteiger partial charge in [0.2, 0.25) is 0 Å². The maximum Gasteiger partial charge on any atom is 0.137 e. The minimum absolute atomic E-state index is 0.560. The van der Waals surface area contributed by atoms with Gasteiger partial charge in [0.05, 0.1) is 0 Å². The molecule has 0 fully saturated rings. The molecule has 1 heterocycles. The van der Waals surface area contributed by atoms with Crippen molar-refractivity contribution in [2.45, 2.75) is 40.0 Å². The van der Waals surface area contributed by atoms with Crippen LogP contribution >= 0.6 is 11.6 Å². The lowest BCUT2D eigenvalue weighted by atomic mass is 10.0. The molecule has 0 saturated heterocycles. The highest BCUT2D eigenvalue weighted by molar-refractivity contribution is 6.30. The van der Waals surface area contributed by atoms with E-state index in [1.807, 2.05) is 0 Å². The lowest BCUT2D eigenvalue weighted by Crippen LogP contribution is -2.15. The van der Waals surface area contributed by atoms with Gasteiger partial charge in [-0.15, -0.1) is 0 Å². The standard InChI is InChI=1S/C12H20ClN3/c1-4-9(5-2)7-14-12-10(6-3)11(13)15-8-16-12/h8-9H,4-7H2,1-3H3,(H,14,15,16). The summed E-state index contributed by atoms with van der Waals surface area (Å²) >= 11 is 6.02. The third kappa shape index (κ3) is 3.34. The van der Waals surface area contributed by atoms with E-state index in [1.54, 1.807) is 0 Å². The fourth-order valence-electron chi connectivity index (χ4n) is 1.67. The van der Waals surface area contributed by atoms with E-state index in [9.17, 15) is 0 Å². The van der Waals surface area contributed by atoms with Gasteiger partial charge in [-0.25, -0.2) is 9.97 Å². The van der Waals surface area contributed by atoms with Crippen LogP contribution in [-0.2, 0) is 6.42 Å². The summed E-state index contributed by atoms with van der Waals surface area (Å²) in [5, 5.41) is 3.93. The van der Waals surface area contributed by atoms with Crippen molar-refractivity contribution < 1.29 is 0 Å². The molecule has 3 nitrogen and oxygen atoms in total. The molecule has 0 bridgehead atoms. The van der Waals surface area contributed by atoms with Gasteiger partial charge < -0.3 is 5.32 Å². The second-order valence-corrected chi connectivity index (χ2v) is 4.27. The Hall–Kier alpha value is -0.830. The van der Waals surface area contributed by atoms with E-state index in [0.29, 0.717) is 11.1 Å². The van der Waals surface area contributed by atoms with Crippen molar-refractivity contribution in [2.75, 3.05) is 11.9 Å². The van der Waals surface area contributed by atoms with Crippen molar-refractivity contribution in [3.63, 3.8) is 0 Å². The molecule has 1 rings (SSSR count). The number of halogens is 1. The van der Waals surface area contributed by atoms with Crippen molar-refractivity contribution in [2.24, 2.45) is 5.92 Å². The molecule has 4 heteroatoms. The minimum Gasteiger partial charge on any atom is -0.369 e. The summed E-state index contributed by atoms with van der Waals surface area (Å²) in [6.07, 6.45) is 4.73. The van der Waals surface area contributed by atoms with Gasteiger partial charge in [0, 0.05) is 12.1 Å². The Morgan fingerprint density at radius 3 is 2.50 bits per heavy atom. The molecular weight excluding hydrogens is 222 g/mol. The molecule has 0 saturated carbocycles. The Bertz CT molecular complexity index is 324. The van der Waals surface area contributed by atoms with Crippen LogP contribution in [0.1, 0.15) is 39.2 Å². The van der Waals surface area contributed by atoms with Gasteiger partial charge in [-0.3, -0.25) is 0 Å². The first-order valence-corrected chi connectivity index (χ1v) is 6.33. The lowest BCUT2D eigenvalue weighted by molar-refractivity contribution is 0.518. The smallest absolute Gasteiger partial charge is 0.137 e. The zero-order chi connectivity index (χ0) is 12.0. The SMILES string of the molecule is CCc1c(Cl)ncnc1NCC(CC)CC. The molecule has 90 valence electrons. The van der Waals surface area contributed by atoms with E-state index >= 15 is 0 Å². The van der Waals surface area contributed by atoms with Crippen molar-refractivity contribution >= 4 is 17.4 Å². The van der Waals surface area contributed by atoms with E-state index < -0.39 is 0 Å². The number of hydrogen-bond acceptors (Lipinski definition) is 3. The first kappa shape index (κ1) is 13.2. The molecule has 16 heavy (non-hydrogen) atoms. The molecule has 0 aromatic carbocycles. The molecule has 0 spiro atoms. The first-order chi connectivity index (χ1) is 7.72. The van der Waals surface area contributed by atoms with E-state index in [1.165, 1.54) is 19.2 Å². The zero-order valence-electron chi connectivity index (χ0n) is 10.3. The topological polar surface area (TPSA) is 37.8 Å². The summed E-state index contributed by atoms with van der Waals surface area (Å²) in [7, 11) is 0. The number of hydrogen-bond donors (Lipinski definition) is 1. The van der Waals surface area contributed by atoms with E-state index in [0.717, 1.165) is 24.3 Å². The summed E-state index contributed by atoms with van der Waals surface area (Å²) in [5.74, 6) is 1.58. The van der Waals surface area contributed by atoms with Gasteiger partial charge in [0.1, 0.15) is 17.3 Å². The summed E-state index contributed by atoms with van der Waals surface area (Å²) in [5.41, 5.74) is 1.01. The van der Waals surface area contributed by atoms with Crippen molar-refractivity contribution in [1.82, 2.24) is 9.97 Å². The van der Waals surface area contributed by atoms with Gasteiger partial charge in [-0.05, 0) is 12.3 Å². The molecular formula is C12H20ClN3. The highest BCUT2D eigenvalue weighted by Crippen LogP contribution is 2.20. The Morgan fingerprint density at radius 1 is 1.25 bits per heavy atom. The maximum absolute atomic E-state index is 6.02. The Labute approximate surface area is 103 Å². The lowest BCUT2D eigenvalue weighted by Gasteiger charge is -2.15. The van der Waals surface area contributed by atoms with Gasteiger partial charge in [0.25, 0.3) is 0 Å². The molecule has 0 radical (unpaired) electrons. The van der Waals surface area contributed by atoms with E-state index in [2.05, 4.69) is 36.1 Å². The largest absolute Gasteiger partial charge is 0.369 e. The second-order valence-electron chi connectivity index (χ2n) is 3.91. The van der Waals surface area contributed by atoms with Crippen LogP contribution in [0, 0.1) is 5.92 Å². The zero-order valence-corrected chi connectivity index (χ0v) is 11.0. The monoisotopic (exact) mass is 241 g/mol. The van der Waals surface area contributed by atoms with Crippen molar-refractivity contribution in [3.8, 4) is 0 Å². The molecule has 1 aromatic rings. The third-order valence-corrected chi connectivity index (χ3v) is 3.28. The van der Waals surface area contributed by atoms with Gasteiger partial charge >= 0.3 is 0 Å². The second kappa shape index (κ2) is 6.69. The van der Waals surface area contributed by atoms with E-state index in [-0.39, 0.29) is 0 Å². The quantitative estimate of drug-likeness (QED) is 0.775. The number of anilines is 1. The first-order valence-electron chi connectivity index (χ1n) is 5.96. The van der Waals surface area contributed by atoms with Gasteiger partial charge in [0.15, 0.2) is 0 Å². The highest BCUT2D eigenvalue weighted by atomic mass is 35.5. The Kier molecular flexibility index (Phi) is 5.53. The number of nitrogens with zero attached hydrogens (tertiary/aromatic N) is 2. The fraction of sp³-hybridized carbons (Fsp3) is 0.667. The Morgan fingerprint density at radius 2 is 1.94 bits per heavy atom. The number of aromatic nitrogens is 2. The average Bonchev–Trinajstić information content (AvgIpc) is 2.30. The molecule has 0 aliphatic heterocycles. The molecule has 0 unspecified atom stereocenters. The van der Waals surface area contributed by atoms with E-state index in [4.69, 9.17) is 11.6 Å². The molecule has 0 aliphatic rings. The number of nitrogens with one attached hydrogen (secondary N) is 1. The van der Waals surface area contributed by atoms with Crippen LogP contribution in [0.5, 0.6) is 0 Å². The summed E-state index contributed by atoms with van der Waals surface area (Å²) < 4.78 is 0. The normalized spacial score (nSPS) is 10.8. The van der Waals surface area contributed by atoms with Crippen molar-refractivity contribution in [1.29, 1.82) is 0 Å². The third-order valence-electron chi connectivity index (χ3n) is 2.96. The minimum atomic E-state index is 0.560. The highest BCUT2D eigenvalue weighted by Gasteiger charge is 2.09. The summed E-state index contributed by atoms with van der Waals surface area (Å²) in [6, 6.07) is 0. The summed E-state index contributed by atoms with van der Waals surface area (Å²) in [4.78, 5) is 8.24. The molecule has 1 N–H and O–H groups in total.